The lowest BCUT2D eigenvalue weighted by atomic mass is 10.0. The molecule has 1 heterocycles. The summed E-state index contributed by atoms with van der Waals surface area (Å²) in [5.41, 5.74) is 2.64. The summed E-state index contributed by atoms with van der Waals surface area (Å²) in [5, 5.41) is 14.8. The van der Waals surface area contributed by atoms with E-state index >= 15 is 0 Å². The lowest BCUT2D eigenvalue weighted by Gasteiger charge is -2.04. The summed E-state index contributed by atoms with van der Waals surface area (Å²) >= 11 is 0. The van der Waals surface area contributed by atoms with Gasteiger partial charge in [0.1, 0.15) is 18.6 Å². The predicted molar refractivity (Wildman–Crippen MR) is 69.6 cm³/mol. The maximum atomic E-state index is 12.0. The fourth-order valence-electron chi connectivity index (χ4n) is 1.50. The van der Waals surface area contributed by atoms with Crippen LogP contribution >= 0.6 is 0 Å². The summed E-state index contributed by atoms with van der Waals surface area (Å²) in [7, 11) is 0. The molecule has 0 fully saturated rings. The van der Waals surface area contributed by atoms with Crippen LogP contribution in [-0.2, 0) is 0 Å². The van der Waals surface area contributed by atoms with Gasteiger partial charge in [-0.3, -0.25) is 4.79 Å². The minimum atomic E-state index is -0.268. The third-order valence-corrected chi connectivity index (χ3v) is 2.49. The number of anilines is 1. The number of aryl methyl sites for hydroxylation is 1. The fraction of sp³-hybridized carbons (Fsp3) is 0.143. The molecule has 0 saturated carbocycles. The van der Waals surface area contributed by atoms with Crippen LogP contribution in [-0.4, -0.2) is 22.8 Å². The Morgan fingerprint density at radius 2 is 2.37 bits per heavy atom. The van der Waals surface area contributed by atoms with Gasteiger partial charge in [-0.15, -0.1) is 0 Å². The topological polar surface area (TPSA) is 75.4 Å². The van der Waals surface area contributed by atoms with Crippen molar-refractivity contribution in [1.82, 2.24) is 5.16 Å². The van der Waals surface area contributed by atoms with Gasteiger partial charge in [0.2, 0.25) is 0 Å². The van der Waals surface area contributed by atoms with Crippen LogP contribution in [0.5, 0.6) is 0 Å². The minimum Gasteiger partial charge on any atom is -0.384 e. The van der Waals surface area contributed by atoms with Crippen LogP contribution in [0.2, 0.25) is 0 Å². The van der Waals surface area contributed by atoms with Crippen LogP contribution in [0.25, 0.3) is 0 Å². The highest BCUT2D eigenvalue weighted by molar-refractivity contribution is 6.04. The van der Waals surface area contributed by atoms with Gasteiger partial charge in [-0.2, -0.15) is 0 Å². The number of rotatable bonds is 2. The van der Waals surface area contributed by atoms with Gasteiger partial charge in [-0.25, -0.2) is 0 Å². The molecule has 0 bridgehead atoms. The summed E-state index contributed by atoms with van der Waals surface area (Å²) in [6, 6.07) is 5.20. The number of hydrogen-bond acceptors (Lipinski definition) is 4. The van der Waals surface area contributed by atoms with Gasteiger partial charge in [-0.1, -0.05) is 23.1 Å². The number of nitrogens with one attached hydrogen (secondary N) is 1. The highest BCUT2D eigenvalue weighted by atomic mass is 16.5. The molecule has 0 spiro atoms. The number of carbonyl (C=O) groups excluding carboxylic acids is 1. The van der Waals surface area contributed by atoms with Crippen LogP contribution in [0.1, 0.15) is 21.5 Å². The molecule has 0 saturated heterocycles. The van der Waals surface area contributed by atoms with E-state index in [-0.39, 0.29) is 12.5 Å². The van der Waals surface area contributed by atoms with Crippen LogP contribution in [0.15, 0.2) is 35.2 Å². The molecule has 0 aliphatic heterocycles. The molecular weight excluding hydrogens is 244 g/mol. The Bertz CT molecular complexity index is 636. The van der Waals surface area contributed by atoms with Crippen molar-refractivity contribution in [1.29, 1.82) is 0 Å². The Kier molecular flexibility index (Phi) is 3.96. The molecular formula is C14H12N2O3. The van der Waals surface area contributed by atoms with E-state index < -0.39 is 0 Å². The molecule has 1 amide bonds. The highest BCUT2D eigenvalue weighted by Gasteiger charge is 2.08. The number of carbonyl (C=O) groups is 1. The number of nitrogens with zero attached hydrogens (tertiary/aromatic N) is 1. The number of hydrogen-bond donors (Lipinski definition) is 2. The molecule has 0 atom stereocenters. The van der Waals surface area contributed by atoms with Gasteiger partial charge in [0.25, 0.3) is 5.91 Å². The van der Waals surface area contributed by atoms with Gasteiger partial charge >= 0.3 is 0 Å². The van der Waals surface area contributed by atoms with Crippen molar-refractivity contribution in [2.75, 3.05) is 11.9 Å². The summed E-state index contributed by atoms with van der Waals surface area (Å²) in [5.74, 6) is 5.10. The number of amides is 1. The highest BCUT2D eigenvalue weighted by Crippen LogP contribution is 2.12. The van der Waals surface area contributed by atoms with Crippen LogP contribution in [0.4, 0.5) is 5.69 Å². The molecule has 1 aromatic carbocycles. The number of aliphatic hydroxyl groups is 1. The molecule has 0 radical (unpaired) electrons. The summed E-state index contributed by atoms with van der Waals surface area (Å²) < 4.78 is 4.63. The van der Waals surface area contributed by atoms with E-state index in [0.29, 0.717) is 16.8 Å². The van der Waals surface area contributed by atoms with Crippen molar-refractivity contribution in [2.24, 2.45) is 0 Å². The second-order valence-electron chi connectivity index (χ2n) is 3.86. The number of aromatic nitrogens is 1. The van der Waals surface area contributed by atoms with Crippen molar-refractivity contribution < 1.29 is 14.4 Å². The Morgan fingerprint density at radius 1 is 1.53 bits per heavy atom. The maximum Gasteiger partial charge on any atom is 0.255 e. The molecule has 2 rings (SSSR count). The van der Waals surface area contributed by atoms with E-state index in [4.69, 9.17) is 5.11 Å². The lowest BCUT2D eigenvalue weighted by Crippen LogP contribution is -2.11. The third kappa shape index (κ3) is 3.21. The normalized spacial score (nSPS) is 9.58. The zero-order chi connectivity index (χ0) is 13.7. The first-order valence-corrected chi connectivity index (χ1v) is 5.62. The molecule has 0 aliphatic rings. The molecule has 19 heavy (non-hydrogen) atoms. The van der Waals surface area contributed by atoms with E-state index in [1.807, 2.05) is 13.0 Å². The summed E-state index contributed by atoms with van der Waals surface area (Å²) in [4.78, 5) is 12.0. The Balaban J connectivity index is 2.22. The van der Waals surface area contributed by atoms with Crippen molar-refractivity contribution >= 4 is 11.6 Å². The molecule has 1 aromatic heterocycles. The van der Waals surface area contributed by atoms with Gasteiger partial charge in [0.15, 0.2) is 0 Å². The first-order chi connectivity index (χ1) is 9.20. The largest absolute Gasteiger partial charge is 0.384 e. The van der Waals surface area contributed by atoms with E-state index in [2.05, 4.69) is 26.8 Å². The summed E-state index contributed by atoms with van der Waals surface area (Å²) in [6.45, 7) is 1.68. The fourth-order valence-corrected chi connectivity index (χ4v) is 1.50. The molecule has 5 nitrogen and oxygen atoms in total. The lowest BCUT2D eigenvalue weighted by molar-refractivity contribution is 0.102. The van der Waals surface area contributed by atoms with Crippen molar-refractivity contribution in [3.05, 3.63) is 47.3 Å². The molecule has 2 N–H and O–H groups in total. The van der Waals surface area contributed by atoms with E-state index in [0.717, 1.165) is 5.56 Å². The maximum absolute atomic E-state index is 12.0. The average molecular weight is 256 g/mol. The van der Waals surface area contributed by atoms with Crippen LogP contribution < -0.4 is 5.32 Å². The van der Waals surface area contributed by atoms with Gasteiger partial charge in [-0.05, 0) is 24.6 Å². The molecule has 0 aliphatic carbocycles. The standard InChI is InChI=1S/C14H12N2O3/c1-10-4-5-12(7-11(10)3-2-6-17)14(18)16-13-8-15-19-9-13/h4-5,7-9,17H,6H2,1H3,(H,16,18). The van der Waals surface area contributed by atoms with Crippen LogP contribution in [0, 0.1) is 18.8 Å². The zero-order valence-corrected chi connectivity index (χ0v) is 10.3. The predicted octanol–water partition coefficient (Wildman–Crippen LogP) is 1.58. The van der Waals surface area contributed by atoms with E-state index in [1.165, 1.54) is 12.5 Å². The minimum absolute atomic E-state index is 0.212. The van der Waals surface area contributed by atoms with Crippen molar-refractivity contribution in [3.8, 4) is 11.8 Å². The number of benzene rings is 1. The molecule has 96 valence electrons. The van der Waals surface area contributed by atoms with Crippen LogP contribution in [0.3, 0.4) is 0 Å². The molecule has 2 aromatic rings. The Labute approximate surface area is 110 Å². The smallest absolute Gasteiger partial charge is 0.255 e. The number of aliphatic hydroxyl groups excluding tert-OH is 1. The first-order valence-electron chi connectivity index (χ1n) is 5.62. The van der Waals surface area contributed by atoms with Gasteiger partial charge < -0.3 is 14.9 Å². The monoisotopic (exact) mass is 256 g/mol. The zero-order valence-electron chi connectivity index (χ0n) is 10.3. The van der Waals surface area contributed by atoms with Crippen molar-refractivity contribution in [2.45, 2.75) is 6.92 Å². The Morgan fingerprint density at radius 3 is 3.05 bits per heavy atom. The first kappa shape index (κ1) is 12.9. The molecule has 5 heteroatoms. The second-order valence-corrected chi connectivity index (χ2v) is 3.86. The third-order valence-electron chi connectivity index (χ3n) is 2.49. The Hall–Kier alpha value is -2.58. The van der Waals surface area contributed by atoms with Crippen molar-refractivity contribution in [3.63, 3.8) is 0 Å². The molecule has 0 unspecified atom stereocenters. The SMILES string of the molecule is Cc1ccc(C(=O)Nc2cnoc2)cc1C#CCO. The van der Waals surface area contributed by atoms with E-state index in [9.17, 15) is 4.79 Å². The summed E-state index contributed by atoms with van der Waals surface area (Å²) in [6.07, 6.45) is 2.76. The van der Waals surface area contributed by atoms with Gasteiger partial charge in [0, 0.05) is 11.1 Å². The quantitative estimate of drug-likeness (QED) is 0.800. The second kappa shape index (κ2) is 5.85. The van der Waals surface area contributed by atoms with E-state index in [1.54, 1.807) is 12.1 Å². The van der Waals surface area contributed by atoms with Gasteiger partial charge in [0.05, 0.1) is 6.20 Å². The average Bonchev–Trinajstić information content (AvgIpc) is 2.90.